The van der Waals surface area contributed by atoms with E-state index in [1.54, 1.807) is 24.3 Å². The number of hydrazine groups is 1. The number of hydrogen-bond donors (Lipinski definition) is 4. The number of amides is 3. The molecule has 2 aromatic carbocycles. The Morgan fingerprint density at radius 3 is 2.27 bits per heavy atom. The van der Waals surface area contributed by atoms with Crippen molar-refractivity contribution in [1.82, 2.24) is 16.2 Å². The minimum absolute atomic E-state index is 0.00582. The smallest absolute Gasteiger partial charge is 0.257 e. The summed E-state index contributed by atoms with van der Waals surface area (Å²) in [7, 11) is 1.53. The average Bonchev–Trinajstić information content (AvgIpc) is 2.73. The number of ether oxygens (including phenoxy) is 1. The molecule has 0 unspecified atom stereocenters. The average molecular weight is 429 g/mol. The number of anilines is 1. The van der Waals surface area contributed by atoms with Crippen LogP contribution in [-0.4, -0.2) is 29.9 Å². The largest absolute Gasteiger partial charge is 0.497 e. The van der Waals surface area contributed by atoms with Gasteiger partial charge in [-0.3, -0.25) is 30.6 Å². The lowest BCUT2D eigenvalue weighted by Crippen LogP contribution is -2.48. The van der Waals surface area contributed by atoms with Crippen molar-refractivity contribution in [2.24, 2.45) is 0 Å². The van der Waals surface area contributed by atoms with Gasteiger partial charge in [0.1, 0.15) is 5.75 Å². The van der Waals surface area contributed by atoms with Crippen LogP contribution in [0.15, 0.2) is 42.5 Å². The lowest BCUT2D eigenvalue weighted by Gasteiger charge is -2.12. The van der Waals surface area contributed by atoms with Crippen molar-refractivity contribution in [2.45, 2.75) is 26.7 Å². The summed E-state index contributed by atoms with van der Waals surface area (Å²) in [4.78, 5) is 36.1. The molecule has 0 radical (unpaired) electrons. The van der Waals surface area contributed by atoms with Gasteiger partial charge in [-0.15, -0.1) is 0 Å². The lowest BCUT2D eigenvalue weighted by atomic mass is 10.1. The van der Waals surface area contributed by atoms with Crippen molar-refractivity contribution in [3.63, 3.8) is 0 Å². The van der Waals surface area contributed by atoms with Crippen LogP contribution in [0.1, 0.15) is 34.3 Å². The maximum absolute atomic E-state index is 12.1. The first kappa shape index (κ1) is 22.8. The highest BCUT2D eigenvalue weighted by atomic mass is 32.1. The molecule has 0 bridgehead atoms. The Labute approximate surface area is 180 Å². The number of thiocarbonyl (C=S) groups is 1. The molecule has 2 aromatic rings. The molecule has 4 N–H and O–H groups in total. The summed E-state index contributed by atoms with van der Waals surface area (Å²) in [5.74, 6) is -0.514. The van der Waals surface area contributed by atoms with Gasteiger partial charge in [-0.25, -0.2) is 0 Å². The van der Waals surface area contributed by atoms with Gasteiger partial charge >= 0.3 is 0 Å². The van der Waals surface area contributed by atoms with Crippen LogP contribution < -0.4 is 26.2 Å². The number of nitrogens with one attached hydrogen (secondary N) is 4. The van der Waals surface area contributed by atoms with Crippen LogP contribution in [0.3, 0.4) is 0 Å². The van der Waals surface area contributed by atoms with Crippen LogP contribution >= 0.6 is 12.2 Å². The van der Waals surface area contributed by atoms with Gasteiger partial charge in [0, 0.05) is 24.1 Å². The number of benzene rings is 2. The van der Waals surface area contributed by atoms with E-state index in [1.165, 1.54) is 7.11 Å². The van der Waals surface area contributed by atoms with E-state index < -0.39 is 11.8 Å². The molecule has 0 aliphatic heterocycles. The highest BCUT2D eigenvalue weighted by Gasteiger charge is 2.11. The van der Waals surface area contributed by atoms with Gasteiger partial charge in [-0.05, 0) is 67.5 Å². The zero-order chi connectivity index (χ0) is 22.1. The van der Waals surface area contributed by atoms with Crippen LogP contribution in [0, 0.1) is 13.8 Å². The van der Waals surface area contributed by atoms with E-state index in [0.717, 1.165) is 16.8 Å². The fraction of sp³-hybridized carbons (Fsp3) is 0.238. The third-order valence-corrected chi connectivity index (χ3v) is 4.35. The Morgan fingerprint density at radius 1 is 0.933 bits per heavy atom. The molecule has 0 saturated heterocycles. The fourth-order valence-electron chi connectivity index (χ4n) is 2.45. The van der Waals surface area contributed by atoms with E-state index in [0.29, 0.717) is 11.3 Å². The molecule has 0 aliphatic rings. The minimum atomic E-state index is -0.438. The summed E-state index contributed by atoms with van der Waals surface area (Å²) in [5, 5.41) is 5.17. The topological polar surface area (TPSA) is 109 Å². The van der Waals surface area contributed by atoms with Gasteiger partial charge in [-0.1, -0.05) is 12.1 Å². The van der Waals surface area contributed by atoms with Crippen molar-refractivity contribution >= 4 is 40.7 Å². The van der Waals surface area contributed by atoms with Crippen molar-refractivity contribution in [1.29, 1.82) is 0 Å². The Morgan fingerprint density at radius 2 is 1.60 bits per heavy atom. The molecule has 0 spiro atoms. The summed E-state index contributed by atoms with van der Waals surface area (Å²) in [6.07, 6.45) is -0.0371. The Balaban J connectivity index is 1.71. The summed E-state index contributed by atoms with van der Waals surface area (Å²) in [6.45, 7) is 3.83. The molecule has 0 saturated carbocycles. The first-order valence-electron chi connectivity index (χ1n) is 9.20. The van der Waals surface area contributed by atoms with Crippen LogP contribution in [0.4, 0.5) is 5.69 Å². The zero-order valence-electron chi connectivity index (χ0n) is 17.0. The molecule has 8 nitrogen and oxygen atoms in total. The molecule has 0 aliphatic carbocycles. The number of carbonyl (C=O) groups is 3. The monoisotopic (exact) mass is 428 g/mol. The molecule has 158 valence electrons. The minimum Gasteiger partial charge on any atom is -0.497 e. The second-order valence-corrected chi connectivity index (χ2v) is 6.96. The molecule has 30 heavy (non-hydrogen) atoms. The quantitative estimate of drug-likeness (QED) is 0.416. The fourth-order valence-corrected chi connectivity index (χ4v) is 2.59. The van der Waals surface area contributed by atoms with Gasteiger partial charge in [0.05, 0.1) is 7.11 Å². The summed E-state index contributed by atoms with van der Waals surface area (Å²) >= 11 is 4.98. The SMILES string of the molecule is COc1ccc(C(=O)NC(=S)NNC(=O)CCC(=O)Nc2cc(C)ccc2C)cc1. The number of methoxy groups -OCH3 is 1. The third kappa shape index (κ3) is 7.17. The Kier molecular flexibility index (Phi) is 8.30. The molecule has 0 atom stereocenters. The normalized spacial score (nSPS) is 9.97. The Bertz CT molecular complexity index is 945. The molecule has 0 aromatic heterocycles. The number of hydrogen-bond acceptors (Lipinski definition) is 5. The van der Waals surface area contributed by atoms with Crippen molar-refractivity contribution < 1.29 is 19.1 Å². The second kappa shape index (κ2) is 10.9. The maximum atomic E-state index is 12.1. The molecule has 9 heteroatoms. The summed E-state index contributed by atoms with van der Waals surface area (Å²) in [6, 6.07) is 12.2. The molecular weight excluding hydrogens is 404 g/mol. The number of rotatable bonds is 6. The summed E-state index contributed by atoms with van der Waals surface area (Å²) in [5.41, 5.74) is 7.87. The van der Waals surface area contributed by atoms with E-state index in [1.807, 2.05) is 32.0 Å². The standard InChI is InChI=1S/C21H24N4O4S/c1-13-4-5-14(2)17(12-13)22-18(26)10-11-19(27)24-25-21(30)23-20(28)15-6-8-16(29-3)9-7-15/h4-9,12H,10-11H2,1-3H3,(H,22,26)(H,24,27)(H2,23,25,28,30). The van der Waals surface area contributed by atoms with Crippen molar-refractivity contribution in [3.05, 3.63) is 59.2 Å². The number of aryl methyl sites for hydroxylation is 2. The third-order valence-electron chi connectivity index (χ3n) is 4.14. The van der Waals surface area contributed by atoms with Crippen molar-refractivity contribution in [2.75, 3.05) is 12.4 Å². The molecule has 0 heterocycles. The van der Waals surface area contributed by atoms with E-state index in [-0.39, 0.29) is 23.9 Å². The van der Waals surface area contributed by atoms with Gasteiger partial charge in [0.2, 0.25) is 11.8 Å². The van der Waals surface area contributed by atoms with Crippen LogP contribution in [-0.2, 0) is 9.59 Å². The highest BCUT2D eigenvalue weighted by Crippen LogP contribution is 2.16. The highest BCUT2D eigenvalue weighted by molar-refractivity contribution is 7.80. The molecule has 0 fully saturated rings. The molecular formula is C21H24N4O4S. The first-order valence-corrected chi connectivity index (χ1v) is 9.60. The summed E-state index contributed by atoms with van der Waals surface area (Å²) < 4.78 is 5.03. The van der Waals surface area contributed by atoms with E-state index in [2.05, 4.69) is 21.5 Å². The lowest BCUT2D eigenvalue weighted by molar-refractivity contribution is -0.124. The van der Waals surface area contributed by atoms with E-state index >= 15 is 0 Å². The zero-order valence-corrected chi connectivity index (χ0v) is 17.8. The van der Waals surface area contributed by atoms with Crippen LogP contribution in [0.25, 0.3) is 0 Å². The number of carbonyl (C=O) groups excluding carboxylic acids is 3. The van der Waals surface area contributed by atoms with Gasteiger partial charge in [0.25, 0.3) is 5.91 Å². The Hall–Kier alpha value is -3.46. The predicted molar refractivity (Wildman–Crippen MR) is 118 cm³/mol. The predicted octanol–water partition coefficient (Wildman–Crippen LogP) is 2.37. The molecule has 3 amide bonds. The molecule has 2 rings (SSSR count). The van der Waals surface area contributed by atoms with Gasteiger partial charge in [-0.2, -0.15) is 0 Å². The van der Waals surface area contributed by atoms with E-state index in [9.17, 15) is 14.4 Å². The van der Waals surface area contributed by atoms with Crippen molar-refractivity contribution in [3.8, 4) is 5.75 Å². The van der Waals surface area contributed by atoms with Crippen LogP contribution in [0.2, 0.25) is 0 Å². The second-order valence-electron chi connectivity index (χ2n) is 6.55. The van der Waals surface area contributed by atoms with E-state index in [4.69, 9.17) is 17.0 Å². The van der Waals surface area contributed by atoms with Gasteiger partial charge in [0.15, 0.2) is 5.11 Å². The van der Waals surface area contributed by atoms with Gasteiger partial charge < -0.3 is 10.1 Å². The maximum Gasteiger partial charge on any atom is 0.257 e. The first-order chi connectivity index (χ1) is 14.3. The van der Waals surface area contributed by atoms with Crippen LogP contribution in [0.5, 0.6) is 5.75 Å².